The van der Waals surface area contributed by atoms with Crippen molar-refractivity contribution < 1.29 is 4.79 Å². The molecular formula is C11H15N3OS. The lowest BCUT2D eigenvalue weighted by atomic mass is 10.1. The Morgan fingerprint density at radius 2 is 2.00 bits per heavy atom. The third-order valence-corrected chi connectivity index (χ3v) is 3.60. The second kappa shape index (κ2) is 4.65. The van der Waals surface area contributed by atoms with Gasteiger partial charge < -0.3 is 16.4 Å². The zero-order valence-electron chi connectivity index (χ0n) is 8.98. The predicted molar refractivity (Wildman–Crippen MR) is 68.9 cm³/mol. The molecule has 0 spiro atoms. The molecule has 0 aliphatic carbocycles. The number of hydrogen-bond donors (Lipinski definition) is 2. The summed E-state index contributed by atoms with van der Waals surface area (Å²) in [6, 6.07) is 5.30. The molecule has 0 unspecified atom stereocenters. The largest absolute Gasteiger partial charge is 0.397 e. The minimum Gasteiger partial charge on any atom is -0.397 e. The summed E-state index contributed by atoms with van der Waals surface area (Å²) in [7, 11) is 0. The highest BCUT2D eigenvalue weighted by Gasteiger charge is 2.19. The van der Waals surface area contributed by atoms with Gasteiger partial charge in [-0.25, -0.2) is 0 Å². The Balaban J connectivity index is 2.40. The molecule has 5 heteroatoms. The number of benzene rings is 1. The molecule has 1 aromatic carbocycles. The van der Waals surface area contributed by atoms with Gasteiger partial charge in [0, 0.05) is 24.6 Å². The molecule has 1 saturated heterocycles. The Morgan fingerprint density at radius 1 is 1.31 bits per heavy atom. The van der Waals surface area contributed by atoms with Gasteiger partial charge in [-0.15, -0.1) is 0 Å². The van der Waals surface area contributed by atoms with Crippen LogP contribution in [-0.2, 0) is 0 Å². The first kappa shape index (κ1) is 11.1. The molecule has 4 nitrogen and oxygen atoms in total. The number of carbonyl (C=O) groups excluding carboxylic acids is 1. The molecule has 1 heterocycles. The van der Waals surface area contributed by atoms with E-state index in [4.69, 9.17) is 11.5 Å². The molecule has 1 amide bonds. The molecule has 2 rings (SSSR count). The van der Waals surface area contributed by atoms with Crippen LogP contribution in [0.2, 0.25) is 0 Å². The predicted octanol–water partition coefficient (Wildman–Crippen LogP) is 0.921. The summed E-state index contributed by atoms with van der Waals surface area (Å²) >= 11 is 1.91. The zero-order valence-corrected chi connectivity index (χ0v) is 9.80. The van der Waals surface area contributed by atoms with Gasteiger partial charge in [-0.1, -0.05) is 6.07 Å². The van der Waals surface area contributed by atoms with E-state index in [2.05, 4.69) is 4.90 Å². The lowest BCUT2D eigenvalue weighted by Gasteiger charge is -2.30. The van der Waals surface area contributed by atoms with Gasteiger partial charge >= 0.3 is 0 Å². The highest BCUT2D eigenvalue weighted by molar-refractivity contribution is 7.99. The maximum atomic E-state index is 11.4. The number of nitrogen functional groups attached to an aromatic ring is 1. The van der Waals surface area contributed by atoms with Crippen LogP contribution in [0.4, 0.5) is 11.4 Å². The molecule has 16 heavy (non-hydrogen) atoms. The average molecular weight is 237 g/mol. The van der Waals surface area contributed by atoms with Crippen molar-refractivity contribution >= 4 is 29.0 Å². The van der Waals surface area contributed by atoms with E-state index in [-0.39, 0.29) is 0 Å². The normalized spacial score (nSPS) is 16.1. The number of primary amides is 1. The molecule has 0 radical (unpaired) electrons. The smallest absolute Gasteiger partial charge is 0.250 e. The Hall–Kier alpha value is -1.36. The second-order valence-corrected chi connectivity index (χ2v) is 4.93. The fourth-order valence-electron chi connectivity index (χ4n) is 1.90. The van der Waals surface area contributed by atoms with Crippen molar-refractivity contribution in [1.82, 2.24) is 0 Å². The standard InChI is InChI=1S/C11H15N3OS/c12-9-3-1-2-8(11(13)15)10(9)14-4-6-16-7-5-14/h1-3H,4-7,12H2,(H2,13,15). The van der Waals surface area contributed by atoms with Crippen LogP contribution in [0.5, 0.6) is 0 Å². The van der Waals surface area contributed by atoms with E-state index in [0.717, 1.165) is 30.3 Å². The van der Waals surface area contributed by atoms with Crippen LogP contribution in [0.15, 0.2) is 18.2 Å². The van der Waals surface area contributed by atoms with E-state index < -0.39 is 5.91 Å². The van der Waals surface area contributed by atoms with Gasteiger partial charge in [-0.05, 0) is 12.1 Å². The number of amides is 1. The second-order valence-electron chi connectivity index (χ2n) is 3.71. The summed E-state index contributed by atoms with van der Waals surface area (Å²) in [5, 5.41) is 0. The van der Waals surface area contributed by atoms with E-state index in [1.54, 1.807) is 12.1 Å². The first-order valence-corrected chi connectivity index (χ1v) is 6.36. The van der Waals surface area contributed by atoms with Crippen LogP contribution in [0.1, 0.15) is 10.4 Å². The van der Waals surface area contributed by atoms with E-state index in [1.165, 1.54) is 0 Å². The minimum absolute atomic E-state index is 0.416. The number of para-hydroxylation sites is 1. The number of nitrogens with zero attached hydrogens (tertiary/aromatic N) is 1. The fraction of sp³-hybridized carbons (Fsp3) is 0.364. The van der Waals surface area contributed by atoms with Gasteiger partial charge in [0.1, 0.15) is 0 Å². The molecular weight excluding hydrogens is 222 g/mol. The van der Waals surface area contributed by atoms with E-state index in [0.29, 0.717) is 11.3 Å². The molecule has 1 fully saturated rings. The Morgan fingerprint density at radius 3 is 2.62 bits per heavy atom. The molecule has 1 aromatic rings. The quantitative estimate of drug-likeness (QED) is 0.750. The monoisotopic (exact) mass is 237 g/mol. The van der Waals surface area contributed by atoms with Crippen LogP contribution in [0.25, 0.3) is 0 Å². The van der Waals surface area contributed by atoms with Crippen LogP contribution in [-0.4, -0.2) is 30.5 Å². The molecule has 0 atom stereocenters. The molecule has 86 valence electrons. The number of hydrogen-bond acceptors (Lipinski definition) is 4. The molecule has 0 bridgehead atoms. The number of anilines is 2. The number of rotatable bonds is 2. The molecule has 4 N–H and O–H groups in total. The lowest BCUT2D eigenvalue weighted by molar-refractivity contribution is 0.100. The third-order valence-electron chi connectivity index (χ3n) is 2.66. The summed E-state index contributed by atoms with van der Waals surface area (Å²) in [6.07, 6.45) is 0. The summed E-state index contributed by atoms with van der Waals surface area (Å²) in [4.78, 5) is 13.5. The van der Waals surface area contributed by atoms with Crippen LogP contribution in [0.3, 0.4) is 0 Å². The van der Waals surface area contributed by atoms with Crippen molar-refractivity contribution in [2.24, 2.45) is 5.73 Å². The molecule has 0 aromatic heterocycles. The zero-order chi connectivity index (χ0) is 11.5. The highest BCUT2D eigenvalue weighted by Crippen LogP contribution is 2.29. The Labute approximate surface area is 99.0 Å². The van der Waals surface area contributed by atoms with Gasteiger partial charge in [0.05, 0.1) is 16.9 Å². The summed E-state index contributed by atoms with van der Waals surface area (Å²) < 4.78 is 0. The average Bonchev–Trinajstić information content (AvgIpc) is 2.29. The summed E-state index contributed by atoms with van der Waals surface area (Å²) in [5.41, 5.74) is 13.2. The lowest BCUT2D eigenvalue weighted by Crippen LogP contribution is -2.34. The van der Waals surface area contributed by atoms with Crippen molar-refractivity contribution in [2.75, 3.05) is 35.2 Å². The number of carbonyl (C=O) groups is 1. The number of thioether (sulfide) groups is 1. The summed E-state index contributed by atoms with van der Waals surface area (Å²) in [6.45, 7) is 1.83. The van der Waals surface area contributed by atoms with Crippen molar-refractivity contribution in [2.45, 2.75) is 0 Å². The van der Waals surface area contributed by atoms with Crippen LogP contribution >= 0.6 is 11.8 Å². The van der Waals surface area contributed by atoms with Crippen LogP contribution in [0, 0.1) is 0 Å². The van der Waals surface area contributed by atoms with E-state index in [9.17, 15) is 4.79 Å². The van der Waals surface area contributed by atoms with Gasteiger partial charge in [0.2, 0.25) is 0 Å². The Kier molecular flexibility index (Phi) is 3.24. The highest BCUT2D eigenvalue weighted by atomic mass is 32.2. The van der Waals surface area contributed by atoms with Crippen molar-refractivity contribution in [3.05, 3.63) is 23.8 Å². The molecule has 0 saturated carbocycles. The first-order valence-electron chi connectivity index (χ1n) is 5.21. The van der Waals surface area contributed by atoms with Crippen molar-refractivity contribution in [3.8, 4) is 0 Å². The maximum absolute atomic E-state index is 11.4. The minimum atomic E-state index is -0.416. The fourth-order valence-corrected chi connectivity index (χ4v) is 2.80. The van der Waals surface area contributed by atoms with Crippen molar-refractivity contribution in [3.63, 3.8) is 0 Å². The third kappa shape index (κ3) is 2.09. The van der Waals surface area contributed by atoms with Gasteiger partial charge in [0.25, 0.3) is 5.91 Å². The van der Waals surface area contributed by atoms with E-state index >= 15 is 0 Å². The van der Waals surface area contributed by atoms with Crippen molar-refractivity contribution in [1.29, 1.82) is 0 Å². The summed E-state index contributed by atoms with van der Waals surface area (Å²) in [5.74, 6) is 1.71. The van der Waals surface area contributed by atoms with Gasteiger partial charge in [-0.2, -0.15) is 11.8 Å². The van der Waals surface area contributed by atoms with E-state index in [1.807, 2.05) is 17.8 Å². The maximum Gasteiger partial charge on any atom is 0.250 e. The topological polar surface area (TPSA) is 72.3 Å². The van der Waals surface area contributed by atoms with Crippen LogP contribution < -0.4 is 16.4 Å². The molecule has 1 aliphatic heterocycles. The molecule has 1 aliphatic rings. The number of nitrogens with two attached hydrogens (primary N) is 2. The van der Waals surface area contributed by atoms with Gasteiger partial charge in [0.15, 0.2) is 0 Å². The first-order chi connectivity index (χ1) is 7.70. The van der Waals surface area contributed by atoms with Gasteiger partial charge in [-0.3, -0.25) is 4.79 Å². The SMILES string of the molecule is NC(=O)c1cccc(N)c1N1CCSCC1. The Bertz CT molecular complexity index is 402.